The number of nitrogens with one attached hydrogen (secondary N) is 1. The molecule has 1 aromatic rings. The zero-order chi connectivity index (χ0) is 15.0. The van der Waals surface area contributed by atoms with Crippen LogP contribution in [0.5, 0.6) is 5.75 Å². The average Bonchev–Trinajstić information content (AvgIpc) is 2.51. The van der Waals surface area contributed by atoms with Crippen LogP contribution < -0.4 is 10.1 Å². The van der Waals surface area contributed by atoms with Crippen LogP contribution in [-0.2, 0) is 0 Å². The van der Waals surface area contributed by atoms with E-state index in [2.05, 4.69) is 5.32 Å². The summed E-state index contributed by atoms with van der Waals surface area (Å²) in [6.07, 6.45) is 7.91. The first-order chi connectivity index (χ1) is 10.7. The Morgan fingerprint density at radius 1 is 1.04 bits per heavy atom. The van der Waals surface area contributed by atoms with E-state index in [9.17, 15) is 5.11 Å². The van der Waals surface area contributed by atoms with Crippen molar-refractivity contribution in [1.29, 1.82) is 0 Å². The Bertz CT molecular complexity index is 472. The third-order valence-electron chi connectivity index (χ3n) is 5.94. The number of halogens is 1. The number of hydrogen-bond donors (Lipinski definition) is 2. The third-order valence-corrected chi connectivity index (χ3v) is 5.94. The number of para-hydroxylation sites is 1. The van der Waals surface area contributed by atoms with Crippen molar-refractivity contribution in [1.82, 2.24) is 5.32 Å². The Hall–Kier alpha value is -0.770. The van der Waals surface area contributed by atoms with Crippen LogP contribution in [0.2, 0.25) is 0 Å². The molecule has 4 aliphatic rings. The van der Waals surface area contributed by atoms with Crippen molar-refractivity contribution in [2.24, 2.45) is 17.8 Å². The minimum absolute atomic E-state index is 0. The summed E-state index contributed by atoms with van der Waals surface area (Å²) in [6.45, 7) is 1.02. The van der Waals surface area contributed by atoms with E-state index in [1.165, 1.54) is 38.5 Å². The van der Waals surface area contributed by atoms with Gasteiger partial charge in [0.2, 0.25) is 0 Å². The summed E-state index contributed by atoms with van der Waals surface area (Å²) in [6, 6.07) is 9.74. The Kier molecular flexibility index (Phi) is 5.19. The third kappa shape index (κ3) is 3.84. The van der Waals surface area contributed by atoms with Gasteiger partial charge in [-0.05, 0) is 68.4 Å². The topological polar surface area (TPSA) is 41.5 Å². The number of β-amino-alcohol motifs (C(OH)–C–C–N with tert-alkyl or cyclic N) is 1. The lowest BCUT2D eigenvalue weighted by Gasteiger charge is -2.57. The highest BCUT2D eigenvalue weighted by Gasteiger charge is 2.50. The molecule has 0 amide bonds. The molecule has 4 heteroatoms. The predicted octanol–water partition coefficient (Wildman–Crippen LogP) is 3.41. The standard InChI is InChI=1S/C19H27NO2.ClH/c21-17(13-22-18-4-2-1-3-5-18)12-20-19-9-14-6-15(10-19)8-16(7-14)11-19;/h1-5,14-17,20-21H,6-13H2;1H. The first kappa shape index (κ1) is 17.1. The maximum absolute atomic E-state index is 10.2. The maximum Gasteiger partial charge on any atom is 0.119 e. The summed E-state index contributed by atoms with van der Waals surface area (Å²) in [7, 11) is 0. The molecular formula is C19H28ClNO2. The monoisotopic (exact) mass is 337 g/mol. The molecule has 3 nitrogen and oxygen atoms in total. The smallest absolute Gasteiger partial charge is 0.119 e. The number of aliphatic hydroxyl groups excluding tert-OH is 1. The Morgan fingerprint density at radius 3 is 2.17 bits per heavy atom. The average molecular weight is 338 g/mol. The van der Waals surface area contributed by atoms with Gasteiger partial charge in [-0.1, -0.05) is 18.2 Å². The largest absolute Gasteiger partial charge is 0.491 e. The highest BCUT2D eigenvalue weighted by molar-refractivity contribution is 5.85. The van der Waals surface area contributed by atoms with Gasteiger partial charge in [0.1, 0.15) is 18.5 Å². The predicted molar refractivity (Wildman–Crippen MR) is 94.1 cm³/mol. The van der Waals surface area contributed by atoms with E-state index in [1.54, 1.807) is 0 Å². The highest BCUT2D eigenvalue weighted by Crippen LogP contribution is 2.55. The zero-order valence-electron chi connectivity index (χ0n) is 13.6. The number of ether oxygens (including phenoxy) is 1. The van der Waals surface area contributed by atoms with Gasteiger partial charge in [0.05, 0.1) is 0 Å². The Morgan fingerprint density at radius 2 is 1.61 bits per heavy atom. The van der Waals surface area contributed by atoms with Crippen molar-refractivity contribution in [2.45, 2.75) is 50.2 Å². The molecule has 0 spiro atoms. The summed E-state index contributed by atoms with van der Waals surface area (Å²) in [5, 5.41) is 14.0. The number of aliphatic hydroxyl groups is 1. The van der Waals surface area contributed by atoms with E-state index in [0.717, 1.165) is 23.5 Å². The summed E-state index contributed by atoms with van der Waals surface area (Å²) in [5.41, 5.74) is 0.322. The van der Waals surface area contributed by atoms with Crippen molar-refractivity contribution in [3.05, 3.63) is 30.3 Å². The van der Waals surface area contributed by atoms with E-state index in [0.29, 0.717) is 18.7 Å². The number of hydrogen-bond acceptors (Lipinski definition) is 3. The molecule has 4 fully saturated rings. The molecule has 0 aliphatic heterocycles. The number of rotatable bonds is 6. The molecule has 1 atom stereocenters. The lowest BCUT2D eigenvalue weighted by atomic mass is 9.53. The van der Waals surface area contributed by atoms with Gasteiger partial charge in [0, 0.05) is 12.1 Å². The molecule has 2 N–H and O–H groups in total. The van der Waals surface area contributed by atoms with E-state index in [1.807, 2.05) is 30.3 Å². The summed E-state index contributed by atoms with van der Waals surface area (Å²) < 4.78 is 5.65. The minimum atomic E-state index is -0.437. The second-order valence-electron chi connectivity index (χ2n) is 7.86. The van der Waals surface area contributed by atoms with Crippen LogP contribution >= 0.6 is 12.4 Å². The van der Waals surface area contributed by atoms with Crippen LogP contribution in [0.25, 0.3) is 0 Å². The Balaban J connectivity index is 0.00000156. The van der Waals surface area contributed by atoms with Gasteiger partial charge < -0.3 is 15.2 Å². The first-order valence-corrected chi connectivity index (χ1v) is 8.82. The van der Waals surface area contributed by atoms with E-state index in [4.69, 9.17) is 4.74 Å². The van der Waals surface area contributed by atoms with Gasteiger partial charge in [-0.15, -0.1) is 12.4 Å². The lowest BCUT2D eigenvalue weighted by Crippen LogP contribution is -2.59. The van der Waals surface area contributed by atoms with Gasteiger partial charge in [0.15, 0.2) is 0 Å². The normalized spacial score (nSPS) is 35.6. The van der Waals surface area contributed by atoms with E-state index in [-0.39, 0.29) is 12.4 Å². The molecule has 0 radical (unpaired) electrons. The molecule has 0 aromatic heterocycles. The fourth-order valence-electron chi connectivity index (χ4n) is 5.43. The van der Waals surface area contributed by atoms with Crippen molar-refractivity contribution in [2.75, 3.05) is 13.2 Å². The van der Waals surface area contributed by atoms with Gasteiger partial charge in [-0.25, -0.2) is 0 Å². The fraction of sp³-hybridized carbons (Fsp3) is 0.684. The Labute approximate surface area is 145 Å². The molecule has 4 aliphatic carbocycles. The fourth-order valence-corrected chi connectivity index (χ4v) is 5.43. The van der Waals surface area contributed by atoms with Crippen LogP contribution in [0.15, 0.2) is 30.3 Å². The van der Waals surface area contributed by atoms with Crippen molar-refractivity contribution in [3.8, 4) is 5.75 Å². The van der Waals surface area contributed by atoms with Gasteiger partial charge in [-0.2, -0.15) is 0 Å². The van der Waals surface area contributed by atoms with Crippen LogP contribution in [-0.4, -0.2) is 29.9 Å². The molecule has 0 saturated heterocycles. The van der Waals surface area contributed by atoms with E-state index < -0.39 is 6.10 Å². The van der Waals surface area contributed by atoms with Crippen LogP contribution in [0.4, 0.5) is 0 Å². The molecular weight excluding hydrogens is 310 g/mol. The molecule has 128 valence electrons. The SMILES string of the molecule is Cl.OC(CNC12CC3CC(CC(C3)C1)C2)COc1ccccc1. The van der Waals surface area contributed by atoms with Crippen LogP contribution in [0.1, 0.15) is 38.5 Å². The molecule has 23 heavy (non-hydrogen) atoms. The van der Waals surface area contributed by atoms with Gasteiger partial charge in [-0.3, -0.25) is 0 Å². The van der Waals surface area contributed by atoms with Crippen LogP contribution in [0.3, 0.4) is 0 Å². The molecule has 1 unspecified atom stereocenters. The summed E-state index contributed by atoms with van der Waals surface area (Å²) in [5.74, 6) is 3.65. The van der Waals surface area contributed by atoms with Crippen molar-refractivity contribution in [3.63, 3.8) is 0 Å². The zero-order valence-corrected chi connectivity index (χ0v) is 14.4. The first-order valence-electron chi connectivity index (χ1n) is 8.82. The quantitative estimate of drug-likeness (QED) is 0.836. The molecule has 0 heterocycles. The second-order valence-corrected chi connectivity index (χ2v) is 7.86. The lowest BCUT2D eigenvalue weighted by molar-refractivity contribution is -0.0266. The minimum Gasteiger partial charge on any atom is -0.491 e. The van der Waals surface area contributed by atoms with Gasteiger partial charge >= 0.3 is 0 Å². The molecule has 5 rings (SSSR count). The summed E-state index contributed by atoms with van der Waals surface area (Å²) in [4.78, 5) is 0. The second kappa shape index (κ2) is 7.00. The van der Waals surface area contributed by atoms with Crippen molar-refractivity contribution >= 4 is 12.4 Å². The molecule has 4 bridgehead atoms. The van der Waals surface area contributed by atoms with Gasteiger partial charge in [0.25, 0.3) is 0 Å². The maximum atomic E-state index is 10.2. The van der Waals surface area contributed by atoms with Crippen LogP contribution in [0, 0.1) is 17.8 Å². The number of benzene rings is 1. The van der Waals surface area contributed by atoms with Crippen molar-refractivity contribution < 1.29 is 9.84 Å². The molecule has 4 saturated carbocycles. The van der Waals surface area contributed by atoms with E-state index >= 15 is 0 Å². The summed E-state index contributed by atoms with van der Waals surface area (Å²) >= 11 is 0. The molecule has 1 aromatic carbocycles. The highest BCUT2D eigenvalue weighted by atomic mass is 35.5.